The third-order valence-corrected chi connectivity index (χ3v) is 4.97. The lowest BCUT2D eigenvalue weighted by atomic mass is 10.1. The maximum Gasteiger partial charge on any atom is 0.341 e. The van der Waals surface area contributed by atoms with E-state index in [0.717, 1.165) is 10.4 Å². The van der Waals surface area contributed by atoms with Gasteiger partial charge in [-0.05, 0) is 25.5 Å². The van der Waals surface area contributed by atoms with E-state index >= 15 is 0 Å². The molecule has 8 heteroatoms. The number of benzene rings is 1. The van der Waals surface area contributed by atoms with Gasteiger partial charge in [-0.3, -0.25) is 9.59 Å². The summed E-state index contributed by atoms with van der Waals surface area (Å²) in [4.78, 5) is 37.0. The Labute approximate surface area is 162 Å². The summed E-state index contributed by atoms with van der Waals surface area (Å²) in [5.41, 5.74) is 1.28. The fraction of sp³-hybridized carbons (Fsp3) is 0.316. The molecule has 0 saturated carbocycles. The number of ether oxygens (including phenoxy) is 1. The number of esters is 1. The highest BCUT2D eigenvalue weighted by Gasteiger charge is 2.23. The van der Waals surface area contributed by atoms with Gasteiger partial charge >= 0.3 is 5.97 Å². The first-order valence-corrected chi connectivity index (χ1v) is 9.49. The van der Waals surface area contributed by atoms with Gasteiger partial charge in [0.15, 0.2) is 12.6 Å². The van der Waals surface area contributed by atoms with Crippen molar-refractivity contribution in [2.45, 2.75) is 19.9 Å². The van der Waals surface area contributed by atoms with E-state index in [1.165, 1.54) is 11.3 Å². The summed E-state index contributed by atoms with van der Waals surface area (Å²) in [5.74, 6) is -0.927. The number of hydrogen-bond donors (Lipinski definition) is 3. The smallest absolute Gasteiger partial charge is 0.341 e. The molecule has 0 bridgehead atoms. The van der Waals surface area contributed by atoms with Crippen molar-refractivity contribution < 1.29 is 24.4 Å². The number of carbonyl (C=O) groups excluding carboxylic acids is 3. The van der Waals surface area contributed by atoms with E-state index in [1.807, 2.05) is 30.3 Å². The Kier molecular flexibility index (Phi) is 7.51. The van der Waals surface area contributed by atoms with Gasteiger partial charge in [-0.1, -0.05) is 30.3 Å². The molecule has 2 aromatic rings. The quantitative estimate of drug-likeness (QED) is 0.590. The van der Waals surface area contributed by atoms with Crippen LogP contribution in [-0.2, 0) is 14.3 Å². The maximum atomic E-state index is 12.5. The summed E-state index contributed by atoms with van der Waals surface area (Å²) in [7, 11) is 1.54. The molecule has 2 amide bonds. The Morgan fingerprint density at radius 1 is 1.22 bits per heavy atom. The highest BCUT2D eigenvalue weighted by Crippen LogP contribution is 2.35. The molecule has 1 aromatic heterocycles. The van der Waals surface area contributed by atoms with Crippen molar-refractivity contribution in [1.29, 1.82) is 0 Å². The predicted octanol–water partition coefficient (Wildman–Crippen LogP) is 1.23. The second-order valence-corrected chi connectivity index (χ2v) is 6.88. The van der Waals surface area contributed by atoms with Crippen molar-refractivity contribution in [2.24, 2.45) is 0 Å². The molecule has 0 unspecified atom stereocenters. The Hall–Kier alpha value is -2.71. The SMILES string of the molecule is CCOC(=O)c1cc(-c2ccccc2)sc1NC(=O)[C@H](C)[NH2+]CC(=O)NC. The molecule has 0 saturated heterocycles. The number of nitrogens with one attached hydrogen (secondary N) is 2. The predicted molar refractivity (Wildman–Crippen MR) is 105 cm³/mol. The van der Waals surface area contributed by atoms with Gasteiger partial charge in [-0.2, -0.15) is 0 Å². The van der Waals surface area contributed by atoms with E-state index in [4.69, 9.17) is 4.74 Å². The van der Waals surface area contributed by atoms with Crippen LogP contribution in [0.5, 0.6) is 0 Å². The summed E-state index contributed by atoms with van der Waals surface area (Å²) in [6.45, 7) is 3.83. The second-order valence-electron chi connectivity index (χ2n) is 5.83. The second kappa shape index (κ2) is 9.84. The fourth-order valence-electron chi connectivity index (χ4n) is 2.31. The summed E-state index contributed by atoms with van der Waals surface area (Å²) in [6.07, 6.45) is 0. The van der Waals surface area contributed by atoms with E-state index in [1.54, 1.807) is 32.3 Å². The van der Waals surface area contributed by atoms with Gasteiger partial charge in [0.1, 0.15) is 5.00 Å². The van der Waals surface area contributed by atoms with Crippen molar-refractivity contribution in [3.05, 3.63) is 42.0 Å². The molecule has 4 N–H and O–H groups in total. The Morgan fingerprint density at radius 2 is 1.93 bits per heavy atom. The number of rotatable bonds is 8. The van der Waals surface area contributed by atoms with Gasteiger partial charge in [0.2, 0.25) is 0 Å². The summed E-state index contributed by atoms with van der Waals surface area (Å²) >= 11 is 1.32. The number of nitrogens with two attached hydrogens (primary N) is 1. The monoisotopic (exact) mass is 390 g/mol. The molecule has 144 valence electrons. The minimum absolute atomic E-state index is 0.148. The lowest BCUT2D eigenvalue weighted by Crippen LogP contribution is -2.93. The molecule has 0 aliphatic rings. The molecule has 0 aliphatic carbocycles. The zero-order valence-electron chi connectivity index (χ0n) is 15.6. The van der Waals surface area contributed by atoms with Crippen LogP contribution in [0.1, 0.15) is 24.2 Å². The largest absolute Gasteiger partial charge is 0.462 e. The number of amides is 2. The summed E-state index contributed by atoms with van der Waals surface area (Å²) < 4.78 is 5.11. The third kappa shape index (κ3) is 5.63. The summed E-state index contributed by atoms with van der Waals surface area (Å²) in [6, 6.07) is 10.8. The van der Waals surface area contributed by atoms with Crippen molar-refractivity contribution in [1.82, 2.24) is 5.32 Å². The highest BCUT2D eigenvalue weighted by atomic mass is 32.1. The van der Waals surface area contributed by atoms with Crippen molar-refractivity contribution >= 4 is 34.1 Å². The number of thiophene rings is 1. The molecule has 2 rings (SSSR count). The average Bonchev–Trinajstić information content (AvgIpc) is 3.10. The number of likely N-dealkylation sites (N-methyl/N-ethyl adjacent to an activating group) is 1. The molecule has 1 atom stereocenters. The van der Waals surface area contributed by atoms with Gasteiger partial charge in [0.05, 0.1) is 12.2 Å². The first-order chi connectivity index (χ1) is 13.0. The van der Waals surface area contributed by atoms with Crippen molar-refractivity contribution in [3.8, 4) is 10.4 Å². The van der Waals surface area contributed by atoms with Gasteiger partial charge in [0.25, 0.3) is 11.8 Å². The molecular weight excluding hydrogens is 366 g/mol. The molecule has 7 nitrogen and oxygen atoms in total. The van der Waals surface area contributed by atoms with E-state index in [9.17, 15) is 14.4 Å². The van der Waals surface area contributed by atoms with Crippen LogP contribution in [0, 0.1) is 0 Å². The standard InChI is InChI=1S/C19H23N3O4S/c1-4-26-19(25)14-10-15(13-8-6-5-7-9-13)27-18(14)22-17(24)12(2)21-11-16(23)20-3/h5-10,12,21H,4,11H2,1-3H3,(H,20,23)(H,22,24)/p+1/t12-/m0/s1. The van der Waals surface area contributed by atoms with Gasteiger partial charge < -0.3 is 20.7 Å². The fourth-order valence-corrected chi connectivity index (χ4v) is 3.36. The molecule has 0 radical (unpaired) electrons. The van der Waals surface area contributed by atoms with Gasteiger partial charge in [-0.15, -0.1) is 11.3 Å². The van der Waals surface area contributed by atoms with Crippen LogP contribution >= 0.6 is 11.3 Å². The topological polar surface area (TPSA) is 101 Å². The number of hydrogen-bond acceptors (Lipinski definition) is 5. The zero-order valence-corrected chi connectivity index (χ0v) is 16.4. The molecular formula is C19H24N3O4S+. The van der Waals surface area contributed by atoms with Crippen molar-refractivity contribution in [3.63, 3.8) is 0 Å². The number of anilines is 1. The number of carbonyl (C=O) groups is 3. The first kappa shape index (κ1) is 20.6. The number of quaternary nitrogens is 1. The summed E-state index contributed by atoms with van der Waals surface area (Å²) in [5, 5.41) is 7.38. The van der Waals surface area contributed by atoms with E-state index in [-0.39, 0.29) is 25.0 Å². The average molecular weight is 390 g/mol. The lowest BCUT2D eigenvalue weighted by Gasteiger charge is -2.11. The van der Waals surface area contributed by atoms with Gasteiger partial charge in [0, 0.05) is 11.9 Å². The Balaban J connectivity index is 2.20. The zero-order chi connectivity index (χ0) is 19.8. The highest BCUT2D eigenvalue weighted by molar-refractivity contribution is 7.20. The maximum absolute atomic E-state index is 12.5. The van der Waals surface area contributed by atoms with Crippen LogP contribution in [0.4, 0.5) is 5.00 Å². The first-order valence-electron chi connectivity index (χ1n) is 8.67. The van der Waals surface area contributed by atoms with Crippen LogP contribution < -0.4 is 16.0 Å². The van der Waals surface area contributed by atoms with E-state index < -0.39 is 12.0 Å². The van der Waals surface area contributed by atoms with Crippen molar-refractivity contribution in [2.75, 3.05) is 25.5 Å². The van der Waals surface area contributed by atoms with Crippen LogP contribution in [0.15, 0.2) is 36.4 Å². The third-order valence-electron chi connectivity index (χ3n) is 3.87. The molecule has 1 aromatic carbocycles. The van der Waals surface area contributed by atoms with Crippen LogP contribution in [0.25, 0.3) is 10.4 Å². The minimum atomic E-state index is -0.486. The van der Waals surface area contributed by atoms with Gasteiger partial charge in [-0.25, -0.2) is 4.79 Å². The normalized spacial score (nSPS) is 11.5. The van der Waals surface area contributed by atoms with Crippen LogP contribution in [0.3, 0.4) is 0 Å². The Morgan fingerprint density at radius 3 is 2.56 bits per heavy atom. The Bertz CT molecular complexity index is 805. The van der Waals surface area contributed by atoms with Crippen LogP contribution in [-0.4, -0.2) is 44.0 Å². The molecule has 1 heterocycles. The molecule has 27 heavy (non-hydrogen) atoms. The minimum Gasteiger partial charge on any atom is -0.462 e. The van der Waals surface area contributed by atoms with E-state index in [2.05, 4.69) is 10.6 Å². The molecule has 0 fully saturated rings. The molecule has 0 spiro atoms. The van der Waals surface area contributed by atoms with E-state index in [0.29, 0.717) is 10.6 Å². The molecule has 0 aliphatic heterocycles. The van der Waals surface area contributed by atoms with Crippen LogP contribution in [0.2, 0.25) is 0 Å². The lowest BCUT2D eigenvalue weighted by molar-refractivity contribution is -0.662.